The number of rotatable bonds is 11. The fraction of sp³-hybridized carbons (Fsp3) is 0.484. The van der Waals surface area contributed by atoms with Gasteiger partial charge < -0.3 is 69.3 Å². The van der Waals surface area contributed by atoms with Gasteiger partial charge in [0.25, 0.3) is 0 Å². The number of hydrogen-bond acceptors (Lipinski definition) is 16. The molecular weight excluding hydrogens is 628 g/mol. The summed E-state index contributed by atoms with van der Waals surface area (Å²) in [5, 5.41) is 80.1. The highest BCUT2D eigenvalue weighted by Crippen LogP contribution is 2.33. The van der Waals surface area contributed by atoms with Gasteiger partial charge in [0, 0.05) is 13.0 Å². The zero-order valence-corrected chi connectivity index (χ0v) is 25.4. The number of hydrogen-bond donors (Lipinski definition) is 8. The van der Waals surface area contributed by atoms with E-state index in [4.69, 9.17) is 28.4 Å². The average molecular weight is 667 g/mol. The maximum absolute atomic E-state index is 13.0. The molecule has 2 heterocycles. The minimum atomic E-state index is -1.81. The van der Waals surface area contributed by atoms with Crippen LogP contribution in [-0.2, 0) is 44.4 Å². The predicted molar refractivity (Wildman–Crippen MR) is 157 cm³/mol. The van der Waals surface area contributed by atoms with E-state index in [2.05, 4.69) is 0 Å². The first kappa shape index (κ1) is 35.8. The van der Waals surface area contributed by atoms with Crippen LogP contribution in [0.4, 0.5) is 0 Å². The number of carbonyl (C=O) groups excluding carboxylic acids is 2. The Morgan fingerprint density at radius 1 is 0.809 bits per heavy atom. The number of aliphatic hydroxyl groups excluding tert-OH is 4. The van der Waals surface area contributed by atoms with Crippen LogP contribution in [0, 0.1) is 0 Å². The molecule has 16 nitrogen and oxygen atoms in total. The number of phenolic OH excluding ortho intramolecular Hbond substituents is 4. The molecule has 0 aromatic heterocycles. The molecule has 8 N–H and O–H groups in total. The second kappa shape index (κ2) is 15.7. The molecule has 0 aliphatic carbocycles. The van der Waals surface area contributed by atoms with E-state index in [-0.39, 0.29) is 30.3 Å². The molecule has 47 heavy (non-hydrogen) atoms. The van der Waals surface area contributed by atoms with Crippen molar-refractivity contribution in [3.63, 3.8) is 0 Å². The number of benzene rings is 2. The van der Waals surface area contributed by atoms with Crippen molar-refractivity contribution in [3.05, 3.63) is 53.6 Å². The molecule has 2 aromatic carbocycles. The monoisotopic (exact) mass is 666 g/mol. The number of esters is 2. The molecule has 0 radical (unpaired) electrons. The van der Waals surface area contributed by atoms with Crippen LogP contribution < -0.4 is 0 Å². The lowest BCUT2D eigenvalue weighted by molar-refractivity contribution is -0.358. The fourth-order valence-electron chi connectivity index (χ4n) is 5.05. The topological polar surface area (TPSA) is 251 Å². The molecular formula is C31H38O16. The maximum Gasteiger partial charge on any atom is 0.331 e. The third kappa shape index (κ3) is 8.88. The maximum atomic E-state index is 13.0. The Kier molecular flexibility index (Phi) is 12.0. The van der Waals surface area contributed by atoms with E-state index >= 15 is 0 Å². The summed E-state index contributed by atoms with van der Waals surface area (Å²) >= 11 is 0. The molecule has 0 amide bonds. The van der Waals surface area contributed by atoms with Gasteiger partial charge in [-0.2, -0.15) is 0 Å². The summed E-state index contributed by atoms with van der Waals surface area (Å²) in [5.74, 6) is -3.31. The molecule has 258 valence electrons. The van der Waals surface area contributed by atoms with Crippen molar-refractivity contribution < 1.29 is 78.9 Å². The van der Waals surface area contributed by atoms with Gasteiger partial charge >= 0.3 is 11.9 Å². The van der Waals surface area contributed by atoms with Crippen molar-refractivity contribution in [3.8, 4) is 23.0 Å². The Labute approximate surface area is 268 Å². The van der Waals surface area contributed by atoms with Gasteiger partial charge in [0.15, 0.2) is 47.8 Å². The Morgan fingerprint density at radius 3 is 2.13 bits per heavy atom. The minimum absolute atomic E-state index is 0.103. The minimum Gasteiger partial charge on any atom is -0.504 e. The quantitative estimate of drug-likeness (QED) is 0.0859. The van der Waals surface area contributed by atoms with Crippen LogP contribution in [0.15, 0.2) is 42.5 Å². The number of aliphatic hydroxyl groups is 4. The van der Waals surface area contributed by atoms with Crippen LogP contribution in [0.3, 0.4) is 0 Å². The van der Waals surface area contributed by atoms with Gasteiger partial charge in [0.2, 0.25) is 0 Å². The summed E-state index contributed by atoms with van der Waals surface area (Å²) in [7, 11) is 0. The zero-order chi connectivity index (χ0) is 34.4. The van der Waals surface area contributed by atoms with Gasteiger partial charge in [-0.05, 0) is 54.8 Å². The molecule has 1 unspecified atom stereocenters. The Balaban J connectivity index is 1.61. The van der Waals surface area contributed by atoms with Gasteiger partial charge in [-0.1, -0.05) is 12.1 Å². The van der Waals surface area contributed by atoms with Crippen LogP contribution in [-0.4, -0.2) is 127 Å². The Morgan fingerprint density at radius 2 is 1.49 bits per heavy atom. The largest absolute Gasteiger partial charge is 0.504 e. The highest BCUT2D eigenvalue weighted by Gasteiger charge is 2.54. The Bertz CT molecular complexity index is 1410. The Hall–Kier alpha value is -4.00. The second-order valence-corrected chi connectivity index (χ2v) is 11.0. The van der Waals surface area contributed by atoms with Crippen molar-refractivity contribution in [2.24, 2.45) is 0 Å². The normalized spacial score (nSPS) is 31.0. The molecule has 2 saturated heterocycles. The van der Waals surface area contributed by atoms with Gasteiger partial charge in [0.1, 0.15) is 30.5 Å². The van der Waals surface area contributed by atoms with Crippen molar-refractivity contribution in [1.82, 2.24) is 0 Å². The molecule has 2 aliphatic heterocycles. The van der Waals surface area contributed by atoms with Crippen molar-refractivity contribution >= 4 is 18.0 Å². The zero-order valence-electron chi connectivity index (χ0n) is 25.4. The third-order valence-electron chi connectivity index (χ3n) is 7.55. The highest BCUT2D eigenvalue weighted by molar-refractivity contribution is 5.87. The van der Waals surface area contributed by atoms with Crippen LogP contribution in [0.2, 0.25) is 0 Å². The lowest BCUT2D eigenvalue weighted by Crippen LogP contribution is -2.65. The first-order valence-electron chi connectivity index (χ1n) is 14.6. The molecule has 4 rings (SSSR count). The van der Waals surface area contributed by atoms with Crippen LogP contribution in [0.1, 0.15) is 25.0 Å². The van der Waals surface area contributed by atoms with E-state index in [9.17, 15) is 50.4 Å². The molecule has 2 fully saturated rings. The molecule has 2 aromatic rings. The summed E-state index contributed by atoms with van der Waals surface area (Å²) in [6, 6.07) is 7.94. The average Bonchev–Trinajstić information content (AvgIpc) is 3.03. The predicted octanol–water partition coefficient (Wildman–Crippen LogP) is -0.445. The summed E-state index contributed by atoms with van der Waals surface area (Å²) < 4.78 is 34.4. The number of carbonyl (C=O) groups is 2. The summed E-state index contributed by atoms with van der Waals surface area (Å²) in [6.45, 7) is 1.62. The van der Waals surface area contributed by atoms with Gasteiger partial charge in [-0.3, -0.25) is 4.79 Å². The van der Waals surface area contributed by atoms with E-state index in [1.807, 2.05) is 0 Å². The van der Waals surface area contributed by atoms with Gasteiger partial charge in [-0.25, -0.2) is 4.79 Å². The van der Waals surface area contributed by atoms with Crippen molar-refractivity contribution in [2.75, 3.05) is 13.2 Å². The summed E-state index contributed by atoms with van der Waals surface area (Å²) in [4.78, 5) is 25.3. The first-order valence-corrected chi connectivity index (χ1v) is 14.6. The SMILES string of the molecule is CC(=O)O[C@H]1[C@H](OCCc2ccc(O)c(O)c2)O[C@H](CO)C(OC(=O)/C=C/c2ccc(O)c(O)c2)[C@@H]1O[C@@H]1O[C@@H](C)[C@H](O)[C@@H](O)[C@H]1O. The van der Waals surface area contributed by atoms with Crippen LogP contribution in [0.5, 0.6) is 23.0 Å². The van der Waals surface area contributed by atoms with E-state index in [1.165, 1.54) is 49.4 Å². The standard InChI is InChI=1S/C31H38O16/c1-14-24(39)25(40)26(41)30(43-14)47-28-27(46-23(38)8-5-16-3-6-18(34)20(36)11-16)22(13-32)45-31(29(28)44-15(2)33)42-10-9-17-4-7-19(35)21(37)12-17/h3-8,11-12,14,22,24-32,34-37,39-41H,9-10,13H2,1-2H3/b8-5+/t14-,22+,24-,25+,26+,27?,28-,29+,30-,31+/m0/s1. The van der Waals surface area contributed by atoms with Crippen LogP contribution >= 0.6 is 0 Å². The second-order valence-electron chi connectivity index (χ2n) is 11.0. The fourth-order valence-corrected chi connectivity index (χ4v) is 5.05. The van der Waals surface area contributed by atoms with E-state index < -0.39 is 85.7 Å². The van der Waals surface area contributed by atoms with Gasteiger partial charge in [0.05, 0.1) is 19.3 Å². The van der Waals surface area contributed by atoms with Crippen molar-refractivity contribution in [1.29, 1.82) is 0 Å². The summed E-state index contributed by atoms with van der Waals surface area (Å²) in [5.41, 5.74) is 0.879. The molecule has 0 spiro atoms. The van der Waals surface area contributed by atoms with Crippen LogP contribution in [0.25, 0.3) is 6.08 Å². The molecule has 0 saturated carbocycles. The molecule has 10 atom stereocenters. The number of ether oxygens (including phenoxy) is 6. The van der Waals surface area contributed by atoms with Gasteiger partial charge in [-0.15, -0.1) is 0 Å². The lowest BCUT2D eigenvalue weighted by atomic mass is 9.96. The number of aromatic hydroxyl groups is 4. The molecule has 2 aliphatic rings. The third-order valence-corrected chi connectivity index (χ3v) is 7.55. The first-order chi connectivity index (χ1) is 22.3. The van der Waals surface area contributed by atoms with E-state index in [0.717, 1.165) is 13.0 Å². The molecule has 16 heteroatoms. The lowest BCUT2D eigenvalue weighted by Gasteiger charge is -2.47. The highest BCUT2D eigenvalue weighted by atomic mass is 16.8. The summed E-state index contributed by atoms with van der Waals surface area (Å²) in [6.07, 6.45) is -12.7. The van der Waals surface area contributed by atoms with E-state index in [1.54, 1.807) is 0 Å². The molecule has 0 bridgehead atoms. The van der Waals surface area contributed by atoms with Crippen molar-refractivity contribution in [2.45, 2.75) is 81.7 Å². The van der Waals surface area contributed by atoms with E-state index in [0.29, 0.717) is 11.1 Å². The smallest absolute Gasteiger partial charge is 0.331 e. The number of phenols is 4.